The Hall–Kier alpha value is -3.02. The summed E-state index contributed by atoms with van der Waals surface area (Å²) in [5, 5.41) is 5.64. The summed E-state index contributed by atoms with van der Waals surface area (Å²) in [6.45, 7) is 6.20. The van der Waals surface area contributed by atoms with Gasteiger partial charge in [-0.15, -0.1) is 11.3 Å². The Balaban J connectivity index is 1.75. The quantitative estimate of drug-likeness (QED) is 0.247. The van der Waals surface area contributed by atoms with Crippen molar-refractivity contribution in [1.82, 2.24) is 10.4 Å². The van der Waals surface area contributed by atoms with E-state index in [1.165, 1.54) is 10.4 Å². The zero-order valence-corrected chi connectivity index (χ0v) is 19.8. The number of pyridine rings is 1. The molecule has 1 N–H and O–H groups in total. The zero-order chi connectivity index (χ0) is 22.7. The second kappa shape index (κ2) is 9.63. The Labute approximate surface area is 197 Å². The number of hydrazone groups is 1. The molecule has 0 aliphatic heterocycles. The van der Waals surface area contributed by atoms with Gasteiger partial charge in [-0.25, -0.2) is 10.4 Å². The lowest BCUT2D eigenvalue weighted by Crippen LogP contribution is -2.20. The van der Waals surface area contributed by atoms with E-state index in [4.69, 9.17) is 16.6 Å². The number of thiophene rings is 1. The lowest BCUT2D eigenvalue weighted by atomic mass is 10.0. The molecule has 2 aromatic heterocycles. The Morgan fingerprint density at radius 3 is 2.53 bits per heavy atom. The van der Waals surface area contributed by atoms with E-state index in [-0.39, 0.29) is 5.91 Å². The minimum absolute atomic E-state index is 0.287. The van der Waals surface area contributed by atoms with E-state index in [1.54, 1.807) is 17.4 Å². The molecule has 4 rings (SSSR count). The minimum atomic E-state index is -0.287. The average Bonchev–Trinajstić information content (AvgIpc) is 3.25. The molecule has 6 heteroatoms. The maximum absolute atomic E-state index is 13.2. The molecule has 0 bridgehead atoms. The van der Waals surface area contributed by atoms with E-state index in [0.717, 1.165) is 29.0 Å². The van der Waals surface area contributed by atoms with Crippen LogP contribution in [0.5, 0.6) is 0 Å². The number of carbonyl (C=O) groups excluding carboxylic acids is 1. The third-order valence-electron chi connectivity index (χ3n) is 5.34. The molecule has 0 fully saturated rings. The molecule has 2 aromatic carbocycles. The topological polar surface area (TPSA) is 54.4 Å². The molecular formula is C26H24ClN3OS. The summed E-state index contributed by atoms with van der Waals surface area (Å²) >= 11 is 8.12. The third kappa shape index (κ3) is 4.59. The number of benzene rings is 2. The van der Waals surface area contributed by atoms with E-state index in [0.29, 0.717) is 27.2 Å². The fraction of sp³-hybridized carbons (Fsp3) is 0.192. The van der Waals surface area contributed by atoms with Gasteiger partial charge in [0.15, 0.2) is 0 Å². The second-order valence-corrected chi connectivity index (χ2v) is 9.20. The van der Waals surface area contributed by atoms with Crippen LogP contribution in [0.3, 0.4) is 0 Å². The van der Waals surface area contributed by atoms with Crippen molar-refractivity contribution in [2.24, 2.45) is 5.10 Å². The van der Waals surface area contributed by atoms with Gasteiger partial charge >= 0.3 is 0 Å². The summed E-state index contributed by atoms with van der Waals surface area (Å²) in [6.07, 6.45) is 1.69. The van der Waals surface area contributed by atoms with Gasteiger partial charge in [-0.3, -0.25) is 4.79 Å². The van der Waals surface area contributed by atoms with Gasteiger partial charge in [0.05, 0.1) is 32.4 Å². The number of aryl methyl sites for hydroxylation is 2. The zero-order valence-electron chi connectivity index (χ0n) is 18.3. The first kappa shape index (κ1) is 22.2. The number of nitrogens with zero attached hydrogens (tertiary/aromatic N) is 2. The summed E-state index contributed by atoms with van der Waals surface area (Å²) in [5.74, 6) is -0.287. The fourth-order valence-corrected chi connectivity index (χ4v) is 4.68. The number of fused-ring (bicyclic) bond motifs is 1. The van der Waals surface area contributed by atoms with Crippen molar-refractivity contribution in [2.45, 2.75) is 33.6 Å². The minimum Gasteiger partial charge on any atom is -0.267 e. The molecule has 162 valence electrons. The molecular weight excluding hydrogens is 438 g/mol. The van der Waals surface area contributed by atoms with Crippen LogP contribution < -0.4 is 5.43 Å². The Kier molecular flexibility index (Phi) is 6.68. The normalized spacial score (nSPS) is 11.7. The summed E-state index contributed by atoms with van der Waals surface area (Å²) in [5.41, 5.74) is 7.58. The Bertz CT molecular complexity index is 1310. The number of amides is 1. The highest BCUT2D eigenvalue weighted by Gasteiger charge is 2.16. The molecule has 0 unspecified atom stereocenters. The van der Waals surface area contributed by atoms with E-state index in [1.807, 2.05) is 43.3 Å². The van der Waals surface area contributed by atoms with Gasteiger partial charge in [-0.2, -0.15) is 5.10 Å². The highest BCUT2D eigenvalue weighted by molar-refractivity contribution is 7.14. The van der Waals surface area contributed by atoms with Gasteiger partial charge in [0.25, 0.3) is 5.91 Å². The molecule has 4 aromatic rings. The van der Waals surface area contributed by atoms with E-state index in [2.05, 4.69) is 42.6 Å². The van der Waals surface area contributed by atoms with E-state index >= 15 is 0 Å². The van der Waals surface area contributed by atoms with E-state index in [9.17, 15) is 4.79 Å². The van der Waals surface area contributed by atoms with Crippen molar-refractivity contribution >= 4 is 45.5 Å². The van der Waals surface area contributed by atoms with Crippen LogP contribution in [0.4, 0.5) is 0 Å². The van der Waals surface area contributed by atoms with Crippen molar-refractivity contribution < 1.29 is 4.79 Å². The predicted molar refractivity (Wildman–Crippen MR) is 135 cm³/mol. The van der Waals surface area contributed by atoms with Gasteiger partial charge in [-0.1, -0.05) is 61.8 Å². The smallest absolute Gasteiger partial charge is 0.267 e. The molecule has 32 heavy (non-hydrogen) atoms. The summed E-state index contributed by atoms with van der Waals surface area (Å²) in [6, 6.07) is 19.6. The first-order valence-electron chi connectivity index (χ1n) is 10.6. The molecule has 4 nitrogen and oxygen atoms in total. The number of para-hydroxylation sites is 1. The number of aromatic nitrogens is 1. The predicted octanol–water partition coefficient (Wildman–Crippen LogP) is 7.03. The van der Waals surface area contributed by atoms with Crippen molar-refractivity contribution in [3.8, 4) is 11.3 Å². The molecule has 0 aliphatic carbocycles. The van der Waals surface area contributed by atoms with Crippen LogP contribution >= 0.6 is 22.9 Å². The number of hydrogen-bond acceptors (Lipinski definition) is 4. The van der Waals surface area contributed by atoms with Crippen molar-refractivity contribution in [1.29, 1.82) is 0 Å². The number of carbonyl (C=O) groups is 1. The number of hydrogen-bond donors (Lipinski definition) is 1. The fourth-order valence-electron chi connectivity index (χ4n) is 3.54. The van der Waals surface area contributed by atoms with Crippen LogP contribution in [0.2, 0.25) is 5.02 Å². The highest BCUT2D eigenvalue weighted by atomic mass is 35.5. The first-order valence-corrected chi connectivity index (χ1v) is 11.8. The van der Waals surface area contributed by atoms with Crippen molar-refractivity contribution in [2.75, 3.05) is 0 Å². The number of rotatable bonds is 6. The summed E-state index contributed by atoms with van der Waals surface area (Å²) < 4.78 is 0. The van der Waals surface area contributed by atoms with Crippen molar-refractivity contribution in [3.63, 3.8) is 0 Å². The summed E-state index contributed by atoms with van der Waals surface area (Å²) in [7, 11) is 0. The average molecular weight is 462 g/mol. The van der Waals surface area contributed by atoms with Crippen LogP contribution in [-0.4, -0.2) is 16.6 Å². The van der Waals surface area contributed by atoms with Crippen LogP contribution in [0.15, 0.2) is 65.8 Å². The maximum Gasteiger partial charge on any atom is 0.272 e. The third-order valence-corrected chi connectivity index (χ3v) is 6.70. The maximum atomic E-state index is 13.2. The first-order chi connectivity index (χ1) is 15.5. The summed E-state index contributed by atoms with van der Waals surface area (Å²) in [4.78, 5) is 20.3. The molecule has 0 spiro atoms. The number of halogens is 1. The van der Waals surface area contributed by atoms with E-state index < -0.39 is 0 Å². The highest BCUT2D eigenvalue weighted by Crippen LogP contribution is 2.29. The van der Waals surface area contributed by atoms with Crippen LogP contribution in [0.1, 0.15) is 45.9 Å². The molecule has 0 atom stereocenters. The van der Waals surface area contributed by atoms with Gasteiger partial charge < -0.3 is 0 Å². The van der Waals surface area contributed by atoms with Crippen molar-refractivity contribution in [3.05, 3.63) is 86.6 Å². The standard InChI is InChI=1S/C26H24ClN3OS/c1-4-17-10-12-18(13-11-17)23-15-20(19-7-6-8-21(27)25(19)28-23)26(31)30-29-22(5-2)24-14-9-16(3)32-24/h6-15H,4-5H2,1-3H3,(H,30,31)/b29-22+. The monoisotopic (exact) mass is 461 g/mol. The number of nitrogens with one attached hydrogen (secondary N) is 1. The van der Waals surface area contributed by atoms with Crippen LogP contribution in [0, 0.1) is 6.92 Å². The van der Waals surface area contributed by atoms with Gasteiger partial charge in [0, 0.05) is 15.8 Å². The Morgan fingerprint density at radius 1 is 1.09 bits per heavy atom. The largest absolute Gasteiger partial charge is 0.272 e. The molecule has 2 heterocycles. The molecule has 0 saturated heterocycles. The van der Waals surface area contributed by atoms with Gasteiger partial charge in [-0.05, 0) is 49.6 Å². The SMILES string of the molecule is CC/C(=N\NC(=O)c1cc(-c2ccc(CC)cc2)nc2c(Cl)cccc12)c1ccc(C)s1. The van der Waals surface area contributed by atoms with Crippen LogP contribution in [0.25, 0.3) is 22.2 Å². The molecule has 0 aliphatic rings. The van der Waals surface area contributed by atoms with Crippen LogP contribution in [-0.2, 0) is 6.42 Å². The molecule has 1 amide bonds. The molecule has 0 radical (unpaired) electrons. The molecule has 0 saturated carbocycles. The second-order valence-electron chi connectivity index (χ2n) is 7.50. The van der Waals surface area contributed by atoms with Gasteiger partial charge in [0.1, 0.15) is 0 Å². The Morgan fingerprint density at radius 2 is 1.88 bits per heavy atom. The van der Waals surface area contributed by atoms with Gasteiger partial charge in [0.2, 0.25) is 0 Å². The lowest BCUT2D eigenvalue weighted by molar-refractivity contribution is 0.0956. The lowest BCUT2D eigenvalue weighted by Gasteiger charge is -2.11.